The molecule has 0 aliphatic heterocycles. The molecule has 14 aromatic rings. The Labute approximate surface area is 571 Å². The van der Waals surface area contributed by atoms with Crippen LogP contribution >= 0.6 is 0 Å². The van der Waals surface area contributed by atoms with Gasteiger partial charge in [0, 0.05) is 54.0 Å². The van der Waals surface area contributed by atoms with E-state index in [0.717, 1.165) is 11.8 Å². The fourth-order valence-electron chi connectivity index (χ4n) is 11.1. The molecule has 0 bridgehead atoms. The van der Waals surface area contributed by atoms with E-state index < -0.39 is 192 Å². The largest absolute Gasteiger partial charge is 0.510 e. The maximum absolute atomic E-state index is 10.2. The van der Waals surface area contributed by atoms with Crippen molar-refractivity contribution < 1.29 is 68.8 Å². The average molecular weight is 1360 g/mol. The van der Waals surface area contributed by atoms with Crippen LogP contribution in [-0.2, 0) is 31.9 Å². The Morgan fingerprint density at radius 2 is 1.12 bits per heavy atom. The van der Waals surface area contributed by atoms with Crippen LogP contribution in [0.15, 0.2) is 273 Å². The van der Waals surface area contributed by atoms with Crippen molar-refractivity contribution in [3.8, 4) is 62.1 Å². The standard InChI is InChI=1S/C81H66N4OSi.Pt/c1-56-47-78(82-54-72(56)58-29-15-9-16-30-58)85-73-42-24-23-41-69(73)70-45-44-65(53-75(70)85)86-64-34-26-33-63(52-64)83-55-84(74-46-43-59(49-76(74)83)57-27-13-8-14-28-57)79-71(60-31-25-32-61(48-60)80(2,3)4)50-62(81(5,6)7)51-77(79)87(66-35-17-10-18-36-66,67-37-19-11-20-38-67)68-39-21-12-22-40-68;/h8-51,54H,1-7H3;/q-2;/i1D3,8D,9D,10D,11D,12D,13D,14D,15D,16D,17D,18D,19D,20D,21D,22D,27D,28D,29D,30D,35D,36D,37D,38D,39D,40D;. The van der Waals surface area contributed by atoms with Crippen molar-refractivity contribution in [2.24, 2.45) is 0 Å². The number of hydrogen-bond donors (Lipinski definition) is 0. The molecule has 0 saturated carbocycles. The van der Waals surface area contributed by atoms with Crippen molar-refractivity contribution in [2.75, 3.05) is 0 Å². The van der Waals surface area contributed by atoms with Crippen LogP contribution in [0, 0.1) is 25.3 Å². The smallest absolute Gasteiger partial charge is 0.268 e. The minimum Gasteiger partial charge on any atom is -0.510 e. The predicted molar refractivity (Wildman–Crippen MR) is 362 cm³/mol. The molecule has 0 spiro atoms. The summed E-state index contributed by atoms with van der Waals surface area (Å²) in [6, 6.07) is 17.2. The molecule has 3 aromatic heterocycles. The molecule has 0 unspecified atom stereocenters. The van der Waals surface area contributed by atoms with E-state index in [1.54, 1.807) is 71.3 Å². The zero-order valence-corrected chi connectivity index (χ0v) is 51.3. The molecule has 14 rings (SSSR count). The molecule has 3 heterocycles. The van der Waals surface area contributed by atoms with Crippen LogP contribution in [0.4, 0.5) is 0 Å². The topological polar surface area (TPSA) is 35.9 Å². The van der Waals surface area contributed by atoms with Crippen LogP contribution in [0.25, 0.3) is 83.4 Å². The van der Waals surface area contributed by atoms with Gasteiger partial charge in [0.25, 0.3) is 6.33 Å². The Hall–Kier alpha value is -9.45. The maximum Gasteiger partial charge on any atom is 0.268 e. The Kier molecular flexibility index (Phi) is 8.91. The van der Waals surface area contributed by atoms with Gasteiger partial charge in [0.05, 0.1) is 51.0 Å². The van der Waals surface area contributed by atoms with Gasteiger partial charge in [0.15, 0.2) is 8.07 Å². The Balaban J connectivity index is 0.0000117. The molecule has 5 nitrogen and oxygen atoms in total. The van der Waals surface area contributed by atoms with Gasteiger partial charge in [0.1, 0.15) is 5.82 Å². The molecule has 0 aliphatic rings. The number of aryl methyl sites for hydroxylation is 1. The van der Waals surface area contributed by atoms with Gasteiger partial charge in [0.2, 0.25) is 0 Å². The molecular weight excluding hydrogens is 1270 g/mol. The summed E-state index contributed by atoms with van der Waals surface area (Å²) in [6.07, 6.45) is 4.65. The fraction of sp³-hybridized carbons (Fsp3) is 0.111. The molecule has 7 heteroatoms. The Morgan fingerprint density at radius 1 is 0.511 bits per heavy atom. The van der Waals surface area contributed by atoms with Crippen molar-refractivity contribution in [1.29, 1.82) is 0 Å². The first-order valence-electron chi connectivity index (χ1n) is 41.7. The number of rotatable bonds is 12. The Morgan fingerprint density at radius 3 is 1.77 bits per heavy atom. The normalized spacial score (nSPS) is 16.6. The fourth-order valence-corrected chi connectivity index (χ4v) is 15.2. The third-order valence-corrected chi connectivity index (χ3v) is 19.6. The number of para-hydroxylation sites is 1. The van der Waals surface area contributed by atoms with E-state index in [4.69, 9.17) is 28.9 Å². The van der Waals surface area contributed by atoms with E-state index >= 15 is 0 Å². The number of pyridine rings is 1. The summed E-state index contributed by atoms with van der Waals surface area (Å²) >= 11 is 0. The minimum absolute atomic E-state index is 0. The second-order valence-electron chi connectivity index (χ2n) is 22.8. The monoisotopic (exact) mass is 1360 g/mol. The van der Waals surface area contributed by atoms with Crippen molar-refractivity contribution in [1.82, 2.24) is 14.1 Å². The van der Waals surface area contributed by atoms with Crippen molar-refractivity contribution in [3.05, 3.63) is 308 Å². The molecule has 0 N–H and O–H groups in total. The molecule has 11 aromatic carbocycles. The van der Waals surface area contributed by atoms with Crippen LogP contribution in [0.1, 0.15) is 96.6 Å². The van der Waals surface area contributed by atoms with Crippen LogP contribution in [0.3, 0.4) is 0 Å². The third kappa shape index (κ3) is 10.4. The van der Waals surface area contributed by atoms with E-state index in [1.165, 1.54) is 33.4 Å². The number of benzene rings is 11. The summed E-state index contributed by atoms with van der Waals surface area (Å²) in [4.78, 5) is 4.70. The number of ether oxygens (including phenoxy) is 1. The summed E-state index contributed by atoms with van der Waals surface area (Å²) < 4.78 is 270. The molecular formula is C81H66N4OPtSi-2. The minimum atomic E-state index is -6.13. The van der Waals surface area contributed by atoms with E-state index in [1.807, 2.05) is 65.8 Å². The van der Waals surface area contributed by atoms with Gasteiger partial charge in [-0.05, 0) is 112 Å². The van der Waals surface area contributed by atoms with Gasteiger partial charge >= 0.3 is 0 Å². The molecule has 0 fully saturated rings. The molecule has 0 atom stereocenters. The number of aromatic nitrogens is 4. The SMILES string of the molecule is [2H]c1c([2H])c([2H])c(-c2ccc3c(c2)n(-c2[c-]c(Oc4[c-]c5c(cc4)c4ccccc4n5-c4cc(C([2H])([2H])[2H])c(-c5c([2H])c([2H])c([2H])c([2H])c5[2H])cn4)ccc2)[c-][n+]3-c2c(-c3cccc(C(C)(C)C)c3)cc(C(C)(C)C)cc2[Si](c2c([2H])c([2H])c([2H])c([2H])c2[2H])(c2c([2H])c([2H])c([2H])c([2H])c2[2H])c2c([2H])c([2H])c([2H])c([2H])c2[2H])c([2H])c1[2H].[Pt]. The number of hydrogen-bond acceptors (Lipinski definition) is 2. The zero-order valence-electron chi connectivity index (χ0n) is 76.1. The number of imidazole rings is 1. The summed E-state index contributed by atoms with van der Waals surface area (Å²) in [6.45, 7) is 8.50. The summed E-state index contributed by atoms with van der Waals surface area (Å²) in [5, 5.41) is -1.28. The van der Waals surface area contributed by atoms with Crippen LogP contribution in [0.5, 0.6) is 11.5 Å². The van der Waals surface area contributed by atoms with E-state index in [0.29, 0.717) is 32.9 Å². The quantitative estimate of drug-likeness (QED) is 0.0529. The second-order valence-corrected chi connectivity index (χ2v) is 26.3. The van der Waals surface area contributed by atoms with Gasteiger partial charge < -0.3 is 13.9 Å². The average Bonchev–Trinajstić information content (AvgIpc) is 0.772. The van der Waals surface area contributed by atoms with Gasteiger partial charge in [-0.1, -0.05) is 265 Å². The predicted octanol–water partition coefficient (Wildman–Crippen LogP) is 16.9. The first-order valence-corrected chi connectivity index (χ1v) is 29.7. The second kappa shape index (κ2) is 23.3. The van der Waals surface area contributed by atoms with E-state index in [9.17, 15) is 19.2 Å². The van der Waals surface area contributed by atoms with Crippen molar-refractivity contribution in [3.63, 3.8) is 0 Å². The van der Waals surface area contributed by atoms with Gasteiger partial charge in [-0.25, -0.2) is 4.98 Å². The van der Waals surface area contributed by atoms with Crippen molar-refractivity contribution >= 4 is 61.7 Å². The summed E-state index contributed by atoms with van der Waals surface area (Å²) in [7, 11) is -6.13. The van der Waals surface area contributed by atoms with E-state index in [-0.39, 0.29) is 99.4 Å². The van der Waals surface area contributed by atoms with Crippen LogP contribution in [0.2, 0.25) is 0 Å². The molecule has 88 heavy (non-hydrogen) atoms. The molecule has 432 valence electrons. The van der Waals surface area contributed by atoms with Gasteiger partial charge in [-0.3, -0.25) is 4.57 Å². The zero-order chi connectivity index (χ0) is 83.7. The van der Waals surface area contributed by atoms with Crippen molar-refractivity contribution in [2.45, 2.75) is 59.2 Å². The van der Waals surface area contributed by atoms with E-state index in [2.05, 4.69) is 18.5 Å². The molecule has 0 amide bonds. The Bertz CT molecular complexity index is 6250. The van der Waals surface area contributed by atoms with Crippen LogP contribution in [-0.4, -0.2) is 22.2 Å². The number of nitrogens with zero attached hydrogens (tertiary/aromatic N) is 4. The molecule has 0 saturated heterocycles. The molecule has 0 aliphatic carbocycles. The van der Waals surface area contributed by atoms with Gasteiger partial charge in [-0.15, -0.1) is 29.7 Å². The summed E-state index contributed by atoms with van der Waals surface area (Å²) in [5.41, 5.74) is 0.0283. The first-order chi connectivity index (χ1) is 53.9. The van der Waals surface area contributed by atoms with Gasteiger partial charge in [-0.2, -0.15) is 18.2 Å². The molecule has 0 radical (unpaired) electrons. The third-order valence-electron chi connectivity index (χ3n) is 15.4. The maximum atomic E-state index is 10.2. The number of fused-ring (bicyclic) bond motifs is 4. The first kappa shape index (κ1) is 33.6. The summed E-state index contributed by atoms with van der Waals surface area (Å²) in [5.74, 6) is 0.0874. The van der Waals surface area contributed by atoms with Crippen LogP contribution < -0.4 is 30.1 Å².